The monoisotopic (exact) mass is 208 g/mol. The molecule has 0 radical (unpaired) electrons. The lowest BCUT2D eigenvalue weighted by Gasteiger charge is -2.11. The number of nitrogens with zero attached hydrogens (tertiary/aromatic N) is 1. The minimum atomic E-state index is -0.0877. The minimum absolute atomic E-state index is 0.0877. The van der Waals surface area contributed by atoms with E-state index in [0.717, 1.165) is 31.8 Å². The molecule has 1 aliphatic rings. The van der Waals surface area contributed by atoms with Crippen LogP contribution < -0.4 is 16.2 Å². The van der Waals surface area contributed by atoms with Gasteiger partial charge in [-0.1, -0.05) is 6.92 Å². The molecule has 2 heterocycles. The largest absolute Gasteiger partial charge is 0.366 e. The number of aryl methyl sites for hydroxylation is 1. The molecule has 3 N–H and O–H groups in total. The van der Waals surface area contributed by atoms with Crippen LogP contribution in [0.4, 0.5) is 5.82 Å². The third-order valence-electron chi connectivity index (χ3n) is 2.54. The molecule has 1 unspecified atom stereocenters. The molecule has 0 aromatic carbocycles. The Morgan fingerprint density at radius 1 is 1.67 bits per heavy atom. The molecule has 1 fully saturated rings. The molecule has 1 saturated heterocycles. The Hall–Kier alpha value is -1.36. The molecule has 0 aliphatic carbocycles. The zero-order chi connectivity index (χ0) is 10.7. The lowest BCUT2D eigenvalue weighted by Crippen LogP contribution is -2.24. The fourth-order valence-electron chi connectivity index (χ4n) is 1.74. The summed E-state index contributed by atoms with van der Waals surface area (Å²) in [5, 5.41) is 6.52. The highest BCUT2D eigenvalue weighted by atomic mass is 16.1. The van der Waals surface area contributed by atoms with E-state index in [1.807, 2.05) is 6.92 Å². The smallest absolute Gasteiger partial charge is 0.252 e. The molecule has 15 heavy (non-hydrogen) atoms. The molecule has 5 nitrogen and oxygen atoms in total. The summed E-state index contributed by atoms with van der Waals surface area (Å²) in [6.07, 6.45) is 1.82. The molecule has 2 rings (SSSR count). The topological polar surface area (TPSA) is 69.8 Å². The van der Waals surface area contributed by atoms with Gasteiger partial charge in [0.25, 0.3) is 5.56 Å². The van der Waals surface area contributed by atoms with Gasteiger partial charge >= 0.3 is 0 Å². The molecule has 82 valence electrons. The lowest BCUT2D eigenvalue weighted by molar-refractivity contribution is 0.781. The van der Waals surface area contributed by atoms with E-state index < -0.39 is 0 Å². The highest BCUT2D eigenvalue weighted by Crippen LogP contribution is 2.06. The van der Waals surface area contributed by atoms with Gasteiger partial charge in [-0.25, -0.2) is 4.98 Å². The van der Waals surface area contributed by atoms with Crippen molar-refractivity contribution in [1.29, 1.82) is 0 Å². The van der Waals surface area contributed by atoms with Crippen LogP contribution in [-0.4, -0.2) is 29.1 Å². The third kappa shape index (κ3) is 2.56. The van der Waals surface area contributed by atoms with Gasteiger partial charge in [-0.15, -0.1) is 0 Å². The molecule has 0 bridgehead atoms. The predicted octanol–water partition coefficient (Wildman–Crippen LogP) is 0.106. The van der Waals surface area contributed by atoms with Gasteiger partial charge in [-0.3, -0.25) is 4.79 Å². The van der Waals surface area contributed by atoms with Crippen LogP contribution in [0.1, 0.15) is 19.2 Å². The summed E-state index contributed by atoms with van der Waals surface area (Å²) in [5.74, 6) is 1.42. The van der Waals surface area contributed by atoms with Crippen molar-refractivity contribution in [2.75, 3.05) is 18.4 Å². The second-order valence-corrected chi connectivity index (χ2v) is 3.76. The van der Waals surface area contributed by atoms with Crippen LogP contribution in [0.2, 0.25) is 0 Å². The van der Waals surface area contributed by atoms with E-state index in [2.05, 4.69) is 20.6 Å². The van der Waals surface area contributed by atoms with Gasteiger partial charge in [0.2, 0.25) is 0 Å². The maximum atomic E-state index is 11.3. The fourth-order valence-corrected chi connectivity index (χ4v) is 1.74. The summed E-state index contributed by atoms with van der Waals surface area (Å²) in [6, 6.07) is 1.90. The molecule has 1 aliphatic heterocycles. The molecular formula is C10H16N4O. The van der Waals surface area contributed by atoms with Crippen molar-refractivity contribution < 1.29 is 0 Å². The Balaban J connectivity index is 2.12. The van der Waals surface area contributed by atoms with E-state index in [9.17, 15) is 4.79 Å². The Kier molecular flexibility index (Phi) is 3.01. The van der Waals surface area contributed by atoms with Crippen molar-refractivity contribution >= 4 is 5.82 Å². The maximum absolute atomic E-state index is 11.3. The number of hydrogen-bond acceptors (Lipinski definition) is 4. The maximum Gasteiger partial charge on any atom is 0.252 e. The van der Waals surface area contributed by atoms with Gasteiger partial charge in [0, 0.05) is 25.1 Å². The summed E-state index contributed by atoms with van der Waals surface area (Å²) in [4.78, 5) is 18.3. The first-order chi connectivity index (χ1) is 7.28. The third-order valence-corrected chi connectivity index (χ3v) is 2.54. The highest BCUT2D eigenvalue weighted by molar-refractivity contribution is 5.34. The van der Waals surface area contributed by atoms with E-state index in [0.29, 0.717) is 11.9 Å². The summed E-state index contributed by atoms with van der Waals surface area (Å²) in [7, 11) is 0. The average molecular weight is 208 g/mol. The summed E-state index contributed by atoms with van der Waals surface area (Å²) < 4.78 is 0. The summed E-state index contributed by atoms with van der Waals surface area (Å²) >= 11 is 0. The Morgan fingerprint density at radius 2 is 2.53 bits per heavy atom. The average Bonchev–Trinajstić information content (AvgIpc) is 2.69. The van der Waals surface area contributed by atoms with Crippen molar-refractivity contribution in [1.82, 2.24) is 15.3 Å². The highest BCUT2D eigenvalue weighted by Gasteiger charge is 2.14. The van der Waals surface area contributed by atoms with Gasteiger partial charge in [0.1, 0.15) is 11.6 Å². The van der Waals surface area contributed by atoms with Crippen LogP contribution in [0.25, 0.3) is 0 Å². The summed E-state index contributed by atoms with van der Waals surface area (Å²) in [6.45, 7) is 3.94. The second kappa shape index (κ2) is 4.44. The van der Waals surface area contributed by atoms with Crippen LogP contribution in [-0.2, 0) is 6.42 Å². The summed E-state index contributed by atoms with van der Waals surface area (Å²) in [5.41, 5.74) is -0.0877. The van der Waals surface area contributed by atoms with Crippen molar-refractivity contribution in [2.45, 2.75) is 25.8 Å². The van der Waals surface area contributed by atoms with Crippen LogP contribution in [0.3, 0.4) is 0 Å². The van der Waals surface area contributed by atoms with Crippen molar-refractivity contribution in [3.8, 4) is 0 Å². The van der Waals surface area contributed by atoms with Crippen LogP contribution in [0.15, 0.2) is 10.9 Å². The molecule has 1 aromatic rings. The number of aromatic amines is 1. The van der Waals surface area contributed by atoms with E-state index >= 15 is 0 Å². The van der Waals surface area contributed by atoms with E-state index in [1.165, 1.54) is 6.07 Å². The molecular weight excluding hydrogens is 192 g/mol. The Labute approximate surface area is 88.3 Å². The number of anilines is 1. The Bertz CT molecular complexity index is 381. The number of hydrogen-bond donors (Lipinski definition) is 3. The normalized spacial score (nSPS) is 20.5. The quantitative estimate of drug-likeness (QED) is 0.659. The fraction of sp³-hybridized carbons (Fsp3) is 0.600. The zero-order valence-electron chi connectivity index (χ0n) is 8.84. The molecule has 0 saturated carbocycles. The molecule has 1 atom stereocenters. The first-order valence-electron chi connectivity index (χ1n) is 5.35. The zero-order valence-corrected chi connectivity index (χ0v) is 8.84. The van der Waals surface area contributed by atoms with E-state index in [4.69, 9.17) is 0 Å². The first kappa shape index (κ1) is 10.2. The SMILES string of the molecule is CCc1nc(NC2CCNC2)cc(=O)[nH]1. The number of aromatic nitrogens is 2. The van der Waals surface area contributed by atoms with Crippen LogP contribution >= 0.6 is 0 Å². The second-order valence-electron chi connectivity index (χ2n) is 3.76. The van der Waals surface area contributed by atoms with Crippen molar-refractivity contribution in [3.63, 3.8) is 0 Å². The minimum Gasteiger partial charge on any atom is -0.366 e. The molecule has 0 amide bonds. The first-order valence-corrected chi connectivity index (χ1v) is 5.35. The molecule has 1 aromatic heterocycles. The van der Waals surface area contributed by atoms with Gasteiger partial charge in [-0.2, -0.15) is 0 Å². The number of rotatable bonds is 3. The van der Waals surface area contributed by atoms with Crippen LogP contribution in [0, 0.1) is 0 Å². The van der Waals surface area contributed by atoms with E-state index in [-0.39, 0.29) is 5.56 Å². The van der Waals surface area contributed by atoms with Crippen molar-refractivity contribution in [3.05, 3.63) is 22.2 Å². The van der Waals surface area contributed by atoms with Gasteiger partial charge in [-0.05, 0) is 13.0 Å². The predicted molar refractivity (Wildman–Crippen MR) is 59.1 cm³/mol. The molecule has 0 spiro atoms. The van der Waals surface area contributed by atoms with Gasteiger partial charge in [0.15, 0.2) is 0 Å². The number of H-pyrrole nitrogens is 1. The standard InChI is InChI=1S/C10H16N4O/c1-2-8-13-9(5-10(15)14-8)12-7-3-4-11-6-7/h5,7,11H,2-4,6H2,1H3,(H2,12,13,14,15). The Morgan fingerprint density at radius 3 is 3.20 bits per heavy atom. The van der Waals surface area contributed by atoms with Crippen LogP contribution in [0.5, 0.6) is 0 Å². The van der Waals surface area contributed by atoms with Gasteiger partial charge in [0.05, 0.1) is 0 Å². The van der Waals surface area contributed by atoms with E-state index in [1.54, 1.807) is 0 Å². The van der Waals surface area contributed by atoms with Crippen molar-refractivity contribution in [2.24, 2.45) is 0 Å². The molecule has 5 heteroatoms. The number of nitrogens with one attached hydrogen (secondary N) is 3. The lowest BCUT2D eigenvalue weighted by atomic mass is 10.2. The van der Waals surface area contributed by atoms with Gasteiger partial charge < -0.3 is 15.6 Å².